The molecule has 81 heavy (non-hydrogen) atoms. The van der Waals surface area contributed by atoms with Gasteiger partial charge in [0.05, 0.1) is 28.3 Å². The number of rotatable bonds is 15. The SMILES string of the molecule is Cc1nc2nc(Cc3nc4ncc(Cc5nc6c([nH]5)C(c5cc7ccc(CN(C)C8CCCC8)cc7[nH]5)CC(N)=N6)c(-c5cc6ccc(CN(C)C7CCCC7)cc6[nH]5)c4[nH]3)cc(-c3cc4cc(CN5CCCCC5)ccc4[nH]3)c2[nH]1. The predicted octanol–water partition coefficient (Wildman–Crippen LogP) is 12.5. The summed E-state index contributed by atoms with van der Waals surface area (Å²) in [5, 5.41) is 3.54. The fourth-order valence-corrected chi connectivity index (χ4v) is 14.2. The number of aliphatic imine (C=N–C) groups is 1. The number of H-pyrrole nitrogens is 6. The van der Waals surface area contributed by atoms with E-state index in [1.165, 1.54) is 111 Å². The molecule has 2 aliphatic heterocycles. The summed E-state index contributed by atoms with van der Waals surface area (Å²) >= 11 is 0. The molecule has 16 heteroatoms. The van der Waals surface area contributed by atoms with Crippen molar-refractivity contribution in [2.75, 3.05) is 27.2 Å². The Hall–Kier alpha value is -7.92. The van der Waals surface area contributed by atoms with E-state index in [0.717, 1.165) is 115 Å². The van der Waals surface area contributed by atoms with Crippen molar-refractivity contribution < 1.29 is 0 Å². The lowest BCUT2D eigenvalue weighted by atomic mass is 9.95. The first-order valence-corrected chi connectivity index (χ1v) is 29.8. The van der Waals surface area contributed by atoms with Crippen molar-refractivity contribution in [3.63, 3.8) is 0 Å². The molecule has 0 radical (unpaired) electrons. The maximum Gasteiger partial charge on any atom is 0.178 e. The molecule has 0 spiro atoms. The zero-order valence-corrected chi connectivity index (χ0v) is 46.9. The minimum Gasteiger partial charge on any atom is -0.387 e. The smallest absolute Gasteiger partial charge is 0.178 e. The summed E-state index contributed by atoms with van der Waals surface area (Å²) in [5.41, 5.74) is 25.0. The minimum absolute atomic E-state index is 0.0569. The number of hydrogen-bond acceptors (Lipinski definition) is 10. The average Bonchev–Trinajstić information content (AvgIpc) is 4.43. The van der Waals surface area contributed by atoms with Crippen molar-refractivity contribution in [1.82, 2.24) is 69.5 Å². The van der Waals surface area contributed by atoms with Crippen LogP contribution in [-0.4, -0.2) is 115 Å². The standard InChI is InChI=1S/C65H72N16/c1-37-68-60-48(54-28-43-23-38(17-20-50(43)71-54)36-81-21-9-4-10-22-81)30-45(70-64(60)69-37)31-58-76-62-59(55-27-42-19-16-40(25-52(42)73-55)35-80(3)47-13-7-8-14-47)44(33-67-63(62)77-58)29-57-75-61-49(32-56(66)74-65(61)78-57)53-26-41-18-15-39(24-51(41)72-53)34-79(2)46-11-5-6-12-46/h15-20,23-28,30,33,46-47,49,71-73H,4-14,21-22,29,31-32,34-36H2,1-3H3,(H2,66,74)(H,75,78)(H,67,76,77)(H,68,69,70). The number of pyridine rings is 2. The largest absolute Gasteiger partial charge is 0.387 e. The first kappa shape index (κ1) is 50.1. The Balaban J connectivity index is 0.768. The van der Waals surface area contributed by atoms with E-state index >= 15 is 0 Å². The van der Waals surface area contributed by atoms with Gasteiger partial charge in [0.25, 0.3) is 0 Å². The number of fused-ring (bicyclic) bond motifs is 6. The van der Waals surface area contributed by atoms with Crippen molar-refractivity contribution >= 4 is 66.7 Å². The summed E-state index contributed by atoms with van der Waals surface area (Å²) in [7, 11) is 4.54. The molecule has 0 amide bonds. The Morgan fingerprint density at radius 2 is 1.28 bits per heavy atom. The first-order chi connectivity index (χ1) is 39.6. The van der Waals surface area contributed by atoms with Gasteiger partial charge >= 0.3 is 0 Å². The van der Waals surface area contributed by atoms with Crippen molar-refractivity contribution in [2.45, 2.75) is 134 Å². The molecule has 2 saturated carbocycles. The molecule has 1 unspecified atom stereocenters. The fraction of sp³-hybridized carbons (Fsp3) is 0.385. The maximum absolute atomic E-state index is 6.65. The third kappa shape index (κ3) is 9.80. The fourth-order valence-electron chi connectivity index (χ4n) is 14.2. The van der Waals surface area contributed by atoms with Gasteiger partial charge in [0.1, 0.15) is 23.3 Å². The number of likely N-dealkylation sites (tertiary alicyclic amines) is 1. The molecule has 8 aromatic heterocycles. The highest BCUT2D eigenvalue weighted by molar-refractivity contribution is 5.97. The van der Waals surface area contributed by atoms with Crippen LogP contribution >= 0.6 is 0 Å². The molecule has 3 aromatic carbocycles. The minimum atomic E-state index is -0.0569. The highest BCUT2D eigenvalue weighted by Crippen LogP contribution is 2.40. The van der Waals surface area contributed by atoms with Gasteiger partial charge in [-0.3, -0.25) is 14.7 Å². The van der Waals surface area contributed by atoms with E-state index in [4.69, 9.17) is 35.6 Å². The molecule has 0 bridgehead atoms. The van der Waals surface area contributed by atoms with E-state index < -0.39 is 0 Å². The molecule has 3 fully saturated rings. The van der Waals surface area contributed by atoms with Gasteiger partial charge in [0, 0.05) is 113 Å². The molecule has 412 valence electrons. The van der Waals surface area contributed by atoms with E-state index in [2.05, 4.69) is 138 Å². The third-order valence-electron chi connectivity index (χ3n) is 18.4. The van der Waals surface area contributed by atoms with Crippen LogP contribution in [0, 0.1) is 6.92 Å². The zero-order valence-electron chi connectivity index (χ0n) is 46.9. The Morgan fingerprint density at radius 1 is 0.593 bits per heavy atom. The molecule has 1 atom stereocenters. The monoisotopic (exact) mass is 1080 g/mol. The Labute approximate surface area is 470 Å². The second-order valence-corrected chi connectivity index (χ2v) is 24.3. The van der Waals surface area contributed by atoms with Gasteiger partial charge in [-0.25, -0.2) is 29.9 Å². The number of aryl methyl sites for hydroxylation is 1. The summed E-state index contributed by atoms with van der Waals surface area (Å²) in [5.74, 6) is 3.53. The zero-order chi connectivity index (χ0) is 54.3. The molecular formula is C65H72N16. The second-order valence-electron chi connectivity index (χ2n) is 24.3. The van der Waals surface area contributed by atoms with Crippen LogP contribution < -0.4 is 5.73 Å². The highest BCUT2D eigenvalue weighted by atomic mass is 15.1. The number of benzene rings is 3. The maximum atomic E-state index is 6.65. The van der Waals surface area contributed by atoms with Crippen LogP contribution in [-0.2, 0) is 32.5 Å². The van der Waals surface area contributed by atoms with Gasteiger partial charge in [-0.1, -0.05) is 62.4 Å². The van der Waals surface area contributed by atoms with E-state index in [1.807, 2.05) is 13.1 Å². The topological polar surface area (TPSA) is 207 Å². The Morgan fingerprint density at radius 3 is 2.05 bits per heavy atom. The van der Waals surface area contributed by atoms with Crippen LogP contribution in [0.2, 0.25) is 0 Å². The molecule has 15 rings (SSSR count). The van der Waals surface area contributed by atoms with E-state index in [9.17, 15) is 0 Å². The number of nitrogens with one attached hydrogen (secondary N) is 6. The van der Waals surface area contributed by atoms with Crippen LogP contribution in [0.3, 0.4) is 0 Å². The normalized spacial score (nSPS) is 17.7. The molecule has 8 N–H and O–H groups in total. The van der Waals surface area contributed by atoms with Crippen LogP contribution in [0.4, 0.5) is 5.82 Å². The van der Waals surface area contributed by atoms with Gasteiger partial charge in [-0.2, -0.15) is 0 Å². The molecule has 11 aromatic rings. The molecule has 4 aliphatic rings. The van der Waals surface area contributed by atoms with Gasteiger partial charge < -0.3 is 35.6 Å². The summed E-state index contributed by atoms with van der Waals surface area (Å²) in [6, 6.07) is 30.8. The van der Waals surface area contributed by atoms with Gasteiger partial charge in [-0.05, 0) is 149 Å². The Bertz CT molecular complexity index is 4180. The quantitative estimate of drug-likeness (QED) is 0.0520. The Kier molecular flexibility index (Phi) is 12.7. The number of nitrogens with two attached hydrogens (primary N) is 1. The van der Waals surface area contributed by atoms with Gasteiger partial charge in [0.2, 0.25) is 0 Å². The number of nitrogens with zero attached hydrogens (tertiary/aromatic N) is 9. The van der Waals surface area contributed by atoms with Crippen molar-refractivity contribution in [3.8, 4) is 22.5 Å². The molecule has 10 heterocycles. The number of aromatic nitrogens is 11. The number of aromatic amines is 6. The molecule has 1 saturated heterocycles. The molecule has 16 nitrogen and oxygen atoms in total. The molecular weight excluding hydrogens is 1000 g/mol. The van der Waals surface area contributed by atoms with Crippen LogP contribution in [0.25, 0.3) is 77.6 Å². The van der Waals surface area contributed by atoms with Crippen molar-refractivity contribution in [3.05, 3.63) is 142 Å². The number of piperidine rings is 1. The van der Waals surface area contributed by atoms with Gasteiger partial charge in [-0.15, -0.1) is 0 Å². The lowest BCUT2D eigenvalue weighted by molar-refractivity contribution is 0.221. The van der Waals surface area contributed by atoms with Gasteiger partial charge in [0.15, 0.2) is 17.1 Å². The van der Waals surface area contributed by atoms with E-state index in [0.29, 0.717) is 54.3 Å². The van der Waals surface area contributed by atoms with Crippen LogP contribution in [0.1, 0.15) is 140 Å². The van der Waals surface area contributed by atoms with Crippen LogP contribution in [0.5, 0.6) is 0 Å². The highest BCUT2D eigenvalue weighted by Gasteiger charge is 2.30. The molecule has 2 aliphatic carbocycles. The van der Waals surface area contributed by atoms with E-state index in [-0.39, 0.29) is 5.92 Å². The summed E-state index contributed by atoms with van der Waals surface area (Å²) in [6.07, 6.45) is 17.8. The second kappa shape index (κ2) is 20.6. The summed E-state index contributed by atoms with van der Waals surface area (Å²) in [6.45, 7) is 7.17. The van der Waals surface area contributed by atoms with Crippen LogP contribution in [0.15, 0.2) is 90.1 Å². The summed E-state index contributed by atoms with van der Waals surface area (Å²) < 4.78 is 0. The number of hydrogen-bond donors (Lipinski definition) is 7. The van der Waals surface area contributed by atoms with Crippen molar-refractivity contribution in [2.24, 2.45) is 10.7 Å². The third-order valence-corrected chi connectivity index (χ3v) is 18.4. The van der Waals surface area contributed by atoms with E-state index in [1.54, 1.807) is 0 Å². The lowest BCUT2D eigenvalue weighted by Crippen LogP contribution is -2.28. The van der Waals surface area contributed by atoms with Crippen molar-refractivity contribution in [1.29, 1.82) is 0 Å². The average molecular weight is 1080 g/mol. The lowest BCUT2D eigenvalue weighted by Gasteiger charge is -2.26. The summed E-state index contributed by atoms with van der Waals surface area (Å²) in [4.78, 5) is 60.4. The number of amidine groups is 1. The predicted molar refractivity (Wildman–Crippen MR) is 324 cm³/mol. The number of imidazole rings is 3. The first-order valence-electron chi connectivity index (χ1n) is 29.8.